The fourth-order valence-electron chi connectivity index (χ4n) is 4.94. The molecular weight excluding hydrogens is 498 g/mol. The van der Waals surface area contributed by atoms with Crippen LogP contribution >= 0.6 is 0 Å². The van der Waals surface area contributed by atoms with Crippen molar-refractivity contribution in [2.75, 3.05) is 0 Å². The van der Waals surface area contributed by atoms with Gasteiger partial charge in [-0.3, -0.25) is 4.79 Å². The highest BCUT2D eigenvalue weighted by molar-refractivity contribution is 5.66. The Hall–Kier alpha value is -2.71. The largest absolute Gasteiger partial charge is 0.508 e. The highest BCUT2D eigenvalue weighted by atomic mass is 19.4. The van der Waals surface area contributed by atoms with Gasteiger partial charge in [0, 0.05) is 12.3 Å². The molecule has 2 rings (SSSR count). The fourth-order valence-corrected chi connectivity index (χ4v) is 4.94. The smallest absolute Gasteiger partial charge is 0.406 e. The van der Waals surface area contributed by atoms with E-state index in [2.05, 4.69) is 4.74 Å². The summed E-state index contributed by atoms with van der Waals surface area (Å²) < 4.78 is 86.6. The summed E-state index contributed by atoms with van der Waals surface area (Å²) in [5, 5.41) is 9.95. The van der Waals surface area contributed by atoms with Gasteiger partial charge in [0.2, 0.25) is 0 Å². The van der Waals surface area contributed by atoms with E-state index in [0.717, 1.165) is 36.5 Å². The standard InChI is InChI=1S/C28H34F6O3/c1-7-26(8-2,22-12-13-23(36)18(4)16-22)21-11-9-20(17(3)15-21)10-14-24(37-19(5)35)25(6,27(29,30)31)28(32,33)34/h9,11-13,15-16,24,36H,7-8,10,14H2,1-6H3. The third-order valence-corrected chi connectivity index (χ3v) is 7.66. The van der Waals surface area contributed by atoms with Crippen molar-refractivity contribution in [3.63, 3.8) is 0 Å². The van der Waals surface area contributed by atoms with Gasteiger partial charge in [0.05, 0.1) is 0 Å². The van der Waals surface area contributed by atoms with Gasteiger partial charge < -0.3 is 9.84 Å². The second-order valence-electron chi connectivity index (χ2n) is 9.77. The summed E-state index contributed by atoms with van der Waals surface area (Å²) in [7, 11) is 0. The van der Waals surface area contributed by atoms with E-state index in [4.69, 9.17) is 0 Å². The first-order valence-electron chi connectivity index (χ1n) is 12.1. The molecule has 1 N–H and O–H groups in total. The third-order valence-electron chi connectivity index (χ3n) is 7.66. The minimum Gasteiger partial charge on any atom is -0.508 e. The molecule has 206 valence electrons. The van der Waals surface area contributed by atoms with Gasteiger partial charge >= 0.3 is 18.3 Å². The molecule has 1 atom stereocenters. The summed E-state index contributed by atoms with van der Waals surface area (Å²) in [4.78, 5) is 11.5. The number of rotatable bonds is 9. The molecule has 2 aromatic rings. The Bertz CT molecular complexity index is 1090. The van der Waals surface area contributed by atoms with E-state index in [9.17, 15) is 36.2 Å². The zero-order valence-corrected chi connectivity index (χ0v) is 21.9. The summed E-state index contributed by atoms with van der Waals surface area (Å²) in [6.07, 6.45) is -13.1. The molecule has 0 aromatic heterocycles. The summed E-state index contributed by atoms with van der Waals surface area (Å²) in [5.41, 5.74) is -0.650. The Balaban J connectivity index is 2.45. The van der Waals surface area contributed by atoms with Crippen LogP contribution in [0.15, 0.2) is 36.4 Å². The number of alkyl halides is 6. The minimum atomic E-state index is -5.67. The number of hydrogen-bond acceptors (Lipinski definition) is 3. The maximum Gasteiger partial charge on any atom is 0.406 e. The molecular formula is C28H34F6O3. The lowest BCUT2D eigenvalue weighted by atomic mass is 9.69. The lowest BCUT2D eigenvalue weighted by Crippen LogP contribution is -2.56. The number of ether oxygens (including phenoxy) is 1. The van der Waals surface area contributed by atoms with E-state index < -0.39 is 41.7 Å². The van der Waals surface area contributed by atoms with E-state index >= 15 is 0 Å². The molecule has 0 aliphatic rings. The molecule has 3 nitrogen and oxygen atoms in total. The van der Waals surface area contributed by atoms with Crippen LogP contribution in [0.3, 0.4) is 0 Å². The molecule has 0 fully saturated rings. The van der Waals surface area contributed by atoms with Gasteiger partial charge in [0.1, 0.15) is 11.9 Å². The van der Waals surface area contributed by atoms with Crippen LogP contribution in [0, 0.1) is 19.3 Å². The van der Waals surface area contributed by atoms with Crippen molar-refractivity contribution in [3.8, 4) is 5.75 Å². The second kappa shape index (κ2) is 11.0. The average molecular weight is 533 g/mol. The molecule has 0 spiro atoms. The van der Waals surface area contributed by atoms with Gasteiger partial charge in [-0.15, -0.1) is 0 Å². The van der Waals surface area contributed by atoms with Crippen molar-refractivity contribution < 1.29 is 41.0 Å². The van der Waals surface area contributed by atoms with Crippen LogP contribution in [0.2, 0.25) is 0 Å². The van der Waals surface area contributed by atoms with Gasteiger partial charge in [0.15, 0.2) is 5.41 Å². The molecule has 1 unspecified atom stereocenters. The van der Waals surface area contributed by atoms with Crippen molar-refractivity contribution in [1.29, 1.82) is 0 Å². The van der Waals surface area contributed by atoms with Crippen LogP contribution in [0.5, 0.6) is 5.75 Å². The van der Waals surface area contributed by atoms with Crippen LogP contribution in [0.4, 0.5) is 26.3 Å². The van der Waals surface area contributed by atoms with E-state index in [1.54, 1.807) is 26.0 Å². The van der Waals surface area contributed by atoms with Gasteiger partial charge in [-0.2, -0.15) is 26.3 Å². The quantitative estimate of drug-likeness (QED) is 0.262. The van der Waals surface area contributed by atoms with Gasteiger partial charge in [-0.05, 0) is 80.3 Å². The first-order chi connectivity index (χ1) is 16.9. The molecule has 0 radical (unpaired) electrons. The number of phenolic OH excluding ortho intramolecular Hbond substituents is 1. The second-order valence-corrected chi connectivity index (χ2v) is 9.77. The van der Waals surface area contributed by atoms with Crippen LogP contribution in [0.1, 0.15) is 74.8 Å². The van der Waals surface area contributed by atoms with Crippen LogP contribution in [0.25, 0.3) is 0 Å². The predicted octanol–water partition coefficient (Wildman–Crippen LogP) is 8.11. The van der Waals surface area contributed by atoms with Gasteiger partial charge in [0.25, 0.3) is 0 Å². The Morgan fingerprint density at radius 3 is 1.78 bits per heavy atom. The van der Waals surface area contributed by atoms with Crippen LogP contribution < -0.4 is 0 Å². The topological polar surface area (TPSA) is 46.5 Å². The Morgan fingerprint density at radius 1 is 0.892 bits per heavy atom. The van der Waals surface area contributed by atoms with Gasteiger partial charge in [-0.1, -0.05) is 44.2 Å². The summed E-state index contributed by atoms with van der Waals surface area (Å²) in [6, 6.07) is 10.9. The monoisotopic (exact) mass is 532 g/mol. The molecule has 0 aliphatic heterocycles. The Morgan fingerprint density at radius 2 is 1.38 bits per heavy atom. The molecule has 0 heterocycles. The number of phenols is 1. The van der Waals surface area contributed by atoms with E-state index in [1.165, 1.54) is 0 Å². The molecule has 0 amide bonds. The van der Waals surface area contributed by atoms with Gasteiger partial charge in [-0.25, -0.2) is 0 Å². The first-order valence-corrected chi connectivity index (χ1v) is 12.1. The Labute approximate surface area is 213 Å². The summed E-state index contributed by atoms with van der Waals surface area (Å²) in [5.74, 6) is -1.03. The highest BCUT2D eigenvalue weighted by Gasteiger charge is 2.72. The van der Waals surface area contributed by atoms with E-state index in [0.29, 0.717) is 11.1 Å². The Kier molecular flexibility index (Phi) is 9.03. The molecule has 2 aromatic carbocycles. The molecule has 0 bridgehead atoms. The van der Waals surface area contributed by atoms with Crippen molar-refractivity contribution in [3.05, 3.63) is 64.2 Å². The third kappa shape index (κ3) is 5.91. The number of benzene rings is 2. The van der Waals surface area contributed by atoms with E-state index in [-0.39, 0.29) is 19.1 Å². The molecule has 9 heteroatoms. The fraction of sp³-hybridized carbons (Fsp3) is 0.536. The number of esters is 1. The van der Waals surface area contributed by atoms with Crippen molar-refractivity contribution in [2.24, 2.45) is 5.41 Å². The van der Waals surface area contributed by atoms with Crippen LogP contribution in [-0.2, 0) is 21.4 Å². The number of aryl methyl sites for hydroxylation is 3. The lowest BCUT2D eigenvalue weighted by Gasteiger charge is -2.39. The van der Waals surface area contributed by atoms with Crippen molar-refractivity contribution in [2.45, 2.75) is 91.1 Å². The van der Waals surface area contributed by atoms with E-state index in [1.807, 2.05) is 38.1 Å². The molecule has 37 heavy (non-hydrogen) atoms. The zero-order chi connectivity index (χ0) is 28.4. The number of carbonyl (C=O) groups excluding carboxylic acids is 1. The normalized spacial score (nSPS) is 13.9. The number of hydrogen-bond donors (Lipinski definition) is 1. The van der Waals surface area contributed by atoms with Crippen molar-refractivity contribution >= 4 is 5.97 Å². The average Bonchev–Trinajstić information content (AvgIpc) is 2.78. The zero-order valence-electron chi connectivity index (χ0n) is 21.9. The lowest BCUT2D eigenvalue weighted by molar-refractivity contribution is -0.359. The predicted molar refractivity (Wildman–Crippen MR) is 129 cm³/mol. The minimum absolute atomic E-state index is 0.0348. The van der Waals surface area contributed by atoms with Crippen molar-refractivity contribution in [1.82, 2.24) is 0 Å². The maximum atomic E-state index is 13.7. The first kappa shape index (κ1) is 30.5. The maximum absolute atomic E-state index is 13.7. The highest BCUT2D eigenvalue weighted by Crippen LogP contribution is 2.54. The number of carbonyl (C=O) groups is 1. The SMILES string of the molecule is CCC(CC)(c1ccc(O)c(C)c1)c1ccc(CCC(OC(C)=O)C(C)(C(F)(F)F)C(F)(F)F)c(C)c1. The molecule has 0 saturated carbocycles. The summed E-state index contributed by atoms with van der Waals surface area (Å²) >= 11 is 0. The molecule has 0 saturated heterocycles. The summed E-state index contributed by atoms with van der Waals surface area (Å²) in [6.45, 7) is 8.46. The number of aromatic hydroxyl groups is 1. The molecule has 0 aliphatic carbocycles. The van der Waals surface area contributed by atoms with Crippen LogP contribution in [-0.4, -0.2) is 29.5 Å². The number of halogens is 6.